The summed E-state index contributed by atoms with van der Waals surface area (Å²) in [5, 5.41) is 0. The average Bonchev–Trinajstić information content (AvgIpc) is 2.07. The zero-order valence-corrected chi connectivity index (χ0v) is 9.73. The van der Waals surface area contributed by atoms with E-state index in [1.807, 2.05) is 0 Å². The lowest BCUT2D eigenvalue weighted by Gasteiger charge is -2.08. The number of hydrogen-bond donors (Lipinski definition) is 0. The Kier molecular flexibility index (Phi) is 5.62. The van der Waals surface area contributed by atoms with Crippen molar-refractivity contribution in [3.63, 3.8) is 0 Å². The van der Waals surface area contributed by atoms with E-state index in [0.717, 1.165) is 0 Å². The number of carbonyl (C=O) groups is 1. The van der Waals surface area contributed by atoms with Crippen LogP contribution in [0.5, 0.6) is 0 Å². The van der Waals surface area contributed by atoms with Crippen molar-refractivity contribution in [1.82, 2.24) is 0 Å². The lowest BCUT2D eigenvalue weighted by Crippen LogP contribution is -2.25. The van der Waals surface area contributed by atoms with Crippen LogP contribution in [0.15, 0.2) is 12.2 Å². The number of esters is 1. The molecule has 0 amide bonds. The van der Waals surface area contributed by atoms with Gasteiger partial charge in [0, 0.05) is 5.57 Å². The van der Waals surface area contributed by atoms with Gasteiger partial charge in [0.1, 0.15) is 13.2 Å². The van der Waals surface area contributed by atoms with Crippen LogP contribution in [0.2, 0.25) is 0 Å². The molecule has 0 N–H and O–H groups in total. The average molecular weight is 276 g/mol. The highest BCUT2D eigenvalue weighted by atomic mass is 32.2. The van der Waals surface area contributed by atoms with Gasteiger partial charge in [0.25, 0.3) is 10.1 Å². The molecule has 0 aromatic heterocycles. The van der Waals surface area contributed by atoms with E-state index in [9.17, 15) is 26.4 Å². The third-order valence-electron chi connectivity index (χ3n) is 1.27. The second-order valence-corrected chi connectivity index (χ2v) is 4.70. The molecule has 0 aliphatic rings. The number of rotatable bonds is 6. The van der Waals surface area contributed by atoms with Gasteiger partial charge < -0.3 is 4.74 Å². The highest BCUT2D eigenvalue weighted by Crippen LogP contribution is 2.17. The van der Waals surface area contributed by atoms with Gasteiger partial charge in [0.05, 0.1) is 0 Å². The number of hydrogen-bond acceptors (Lipinski definition) is 5. The minimum Gasteiger partial charge on any atom is -0.460 e. The van der Waals surface area contributed by atoms with Crippen LogP contribution in [0.3, 0.4) is 0 Å². The van der Waals surface area contributed by atoms with Crippen molar-refractivity contribution in [3.05, 3.63) is 12.2 Å². The van der Waals surface area contributed by atoms with Crippen LogP contribution in [0.25, 0.3) is 0 Å². The maximum atomic E-state index is 11.7. The lowest BCUT2D eigenvalue weighted by atomic mass is 10.4. The van der Waals surface area contributed by atoms with Crippen molar-refractivity contribution in [2.24, 2.45) is 0 Å². The van der Waals surface area contributed by atoms with Gasteiger partial charge in [-0.2, -0.15) is 21.6 Å². The summed E-state index contributed by atoms with van der Waals surface area (Å²) in [5.41, 5.74) is 0.0862. The smallest absolute Gasteiger partial charge is 0.405 e. The van der Waals surface area contributed by atoms with Crippen molar-refractivity contribution in [3.8, 4) is 0 Å². The molecule has 9 heteroatoms. The Balaban J connectivity index is 3.97. The molecule has 0 radical (unpaired) electrons. The summed E-state index contributed by atoms with van der Waals surface area (Å²) in [6, 6.07) is 0. The third kappa shape index (κ3) is 8.69. The Hall–Kier alpha value is -1.09. The molecule has 0 saturated heterocycles. The lowest BCUT2D eigenvalue weighted by molar-refractivity contribution is -0.139. The fraction of sp³-hybridized carbons (Fsp3) is 0.625. The standard InChI is InChI=1S/C8H11F3O5S/c1-6(2)7(12)15-3-4-16-17(13,14)5-8(9,10)11/h1,3-5H2,2H3. The van der Waals surface area contributed by atoms with Crippen LogP contribution in [-0.2, 0) is 23.8 Å². The Morgan fingerprint density at radius 2 is 1.82 bits per heavy atom. The molecular formula is C8H11F3O5S. The molecule has 17 heavy (non-hydrogen) atoms. The molecule has 0 unspecified atom stereocenters. The highest BCUT2D eigenvalue weighted by Gasteiger charge is 2.35. The fourth-order valence-electron chi connectivity index (χ4n) is 0.661. The van der Waals surface area contributed by atoms with Gasteiger partial charge in [-0.3, -0.25) is 4.18 Å². The van der Waals surface area contributed by atoms with Gasteiger partial charge in [-0.25, -0.2) is 4.79 Å². The Bertz CT molecular complexity index is 384. The first-order valence-corrected chi connectivity index (χ1v) is 5.88. The second kappa shape index (κ2) is 6.01. The second-order valence-electron chi connectivity index (χ2n) is 3.06. The first-order valence-electron chi connectivity index (χ1n) is 4.30. The summed E-state index contributed by atoms with van der Waals surface area (Å²) < 4.78 is 65.1. The van der Waals surface area contributed by atoms with Gasteiger partial charge in [-0.05, 0) is 6.92 Å². The van der Waals surface area contributed by atoms with Gasteiger partial charge in [0.15, 0.2) is 5.75 Å². The number of carbonyl (C=O) groups excluding carboxylic acids is 1. The Morgan fingerprint density at radius 1 is 1.29 bits per heavy atom. The SMILES string of the molecule is C=C(C)C(=O)OCCOS(=O)(=O)CC(F)(F)F. The van der Waals surface area contributed by atoms with Crippen molar-refractivity contribution in [2.75, 3.05) is 19.0 Å². The van der Waals surface area contributed by atoms with Crippen LogP contribution >= 0.6 is 0 Å². The van der Waals surface area contributed by atoms with E-state index in [4.69, 9.17) is 0 Å². The largest absolute Gasteiger partial charge is 0.460 e. The molecule has 5 nitrogen and oxygen atoms in total. The number of halogens is 3. The quantitative estimate of drug-likeness (QED) is 0.313. The van der Waals surface area contributed by atoms with E-state index in [1.165, 1.54) is 6.92 Å². The molecule has 0 aromatic carbocycles. The van der Waals surface area contributed by atoms with E-state index in [-0.39, 0.29) is 5.57 Å². The summed E-state index contributed by atoms with van der Waals surface area (Å²) >= 11 is 0. The molecule has 0 rings (SSSR count). The molecule has 0 aliphatic heterocycles. The fourth-order valence-corrected chi connectivity index (χ4v) is 1.47. The molecule has 100 valence electrons. The van der Waals surface area contributed by atoms with Crippen molar-refractivity contribution in [1.29, 1.82) is 0 Å². The zero-order chi connectivity index (χ0) is 13.7. The first-order chi connectivity index (χ1) is 7.53. The summed E-state index contributed by atoms with van der Waals surface area (Å²) in [7, 11) is -4.70. The van der Waals surface area contributed by atoms with Crippen LogP contribution in [0.1, 0.15) is 6.92 Å². The summed E-state index contributed by atoms with van der Waals surface area (Å²) in [5.74, 6) is -2.85. The molecule has 0 atom stereocenters. The molecule has 0 saturated carbocycles. The molecular weight excluding hydrogens is 265 g/mol. The van der Waals surface area contributed by atoms with Crippen LogP contribution < -0.4 is 0 Å². The normalized spacial score (nSPS) is 12.2. The summed E-state index contributed by atoms with van der Waals surface area (Å²) in [6.45, 7) is 3.47. The molecule has 0 fully saturated rings. The highest BCUT2D eigenvalue weighted by molar-refractivity contribution is 7.86. The van der Waals surface area contributed by atoms with E-state index in [2.05, 4.69) is 15.5 Å². The van der Waals surface area contributed by atoms with E-state index in [1.54, 1.807) is 0 Å². The van der Waals surface area contributed by atoms with E-state index >= 15 is 0 Å². The van der Waals surface area contributed by atoms with Crippen molar-refractivity contribution >= 4 is 16.1 Å². The maximum Gasteiger partial charge on any atom is 0.405 e. The van der Waals surface area contributed by atoms with Gasteiger partial charge in [0.2, 0.25) is 0 Å². The third-order valence-corrected chi connectivity index (χ3v) is 2.47. The van der Waals surface area contributed by atoms with Crippen LogP contribution in [0, 0.1) is 0 Å². The van der Waals surface area contributed by atoms with Crippen molar-refractivity contribution < 1.29 is 35.3 Å². The van der Waals surface area contributed by atoms with Gasteiger partial charge in [-0.15, -0.1) is 0 Å². The van der Waals surface area contributed by atoms with Crippen molar-refractivity contribution in [2.45, 2.75) is 13.1 Å². The molecule has 0 spiro atoms. The minimum atomic E-state index is -4.87. The maximum absolute atomic E-state index is 11.7. The predicted octanol–water partition coefficient (Wildman–Crippen LogP) is 1.01. The van der Waals surface area contributed by atoms with Crippen LogP contribution in [0.4, 0.5) is 13.2 Å². The molecule has 0 bridgehead atoms. The monoisotopic (exact) mass is 276 g/mol. The first kappa shape index (κ1) is 15.9. The summed E-state index contributed by atoms with van der Waals surface area (Å²) in [6.07, 6.45) is -4.87. The number of ether oxygens (including phenoxy) is 1. The number of alkyl halides is 3. The van der Waals surface area contributed by atoms with Crippen LogP contribution in [-0.4, -0.2) is 39.5 Å². The Morgan fingerprint density at radius 3 is 2.24 bits per heavy atom. The molecule has 0 heterocycles. The van der Waals surface area contributed by atoms with Gasteiger partial charge in [-0.1, -0.05) is 6.58 Å². The zero-order valence-electron chi connectivity index (χ0n) is 8.91. The molecule has 0 aliphatic carbocycles. The van der Waals surface area contributed by atoms with E-state index < -0.39 is 41.2 Å². The predicted molar refractivity (Wildman–Crippen MR) is 51.6 cm³/mol. The topological polar surface area (TPSA) is 69.7 Å². The summed E-state index contributed by atoms with van der Waals surface area (Å²) in [4.78, 5) is 10.8. The van der Waals surface area contributed by atoms with E-state index in [0.29, 0.717) is 0 Å². The minimum absolute atomic E-state index is 0.0862. The Labute approximate surface area is 96.3 Å². The van der Waals surface area contributed by atoms with Gasteiger partial charge >= 0.3 is 12.1 Å². The molecule has 0 aromatic rings.